The smallest absolute Gasteiger partial charge is 0.411 e. The molecule has 4 aromatic carbocycles. The number of rotatable bonds is 35. The summed E-state index contributed by atoms with van der Waals surface area (Å²) >= 11 is 0. The van der Waals surface area contributed by atoms with Crippen LogP contribution >= 0.6 is 0 Å². The number of allylic oxidation sites excluding steroid dienone is 4. The molecule has 0 unspecified atom stereocenters. The molecule has 105 heavy (non-hydrogen) atoms. The van der Waals surface area contributed by atoms with Crippen LogP contribution in [0.1, 0.15) is 101 Å². The molecule has 4 aromatic rings. The molecule has 2 heterocycles. The Bertz CT molecular complexity index is 3940. The Labute approximate surface area is 607 Å². The molecule has 9 N–H and O–H groups in total. The summed E-state index contributed by atoms with van der Waals surface area (Å²) in [7, 11) is 0. The summed E-state index contributed by atoms with van der Waals surface area (Å²) in [5.41, 5.74) is 2.99. The van der Waals surface area contributed by atoms with Gasteiger partial charge in [0.25, 0.3) is 0 Å². The fourth-order valence-electron chi connectivity index (χ4n) is 15.2. The van der Waals surface area contributed by atoms with Gasteiger partial charge in [0.15, 0.2) is 17.1 Å². The first-order chi connectivity index (χ1) is 50.4. The van der Waals surface area contributed by atoms with Crippen LogP contribution in [0, 0.1) is 40.4 Å². The molecule has 6 aliphatic rings. The number of ether oxygens (including phenoxy) is 8. The van der Waals surface area contributed by atoms with Gasteiger partial charge in [0, 0.05) is 71.6 Å². The quantitative estimate of drug-likeness (QED) is 0.0175. The number of Topliss-reactive ketones (excluding diaryl/α,β-unsaturated/α-hetero) is 1. The van der Waals surface area contributed by atoms with Gasteiger partial charge in [0.1, 0.15) is 44.0 Å². The number of hydrogen-bond acceptors (Lipinski definition) is 18. The molecule has 26 nitrogen and oxygen atoms in total. The average molecular weight is 1460 g/mol. The van der Waals surface area contributed by atoms with Crippen LogP contribution in [-0.4, -0.2) is 179 Å². The van der Waals surface area contributed by atoms with Gasteiger partial charge in [-0.1, -0.05) is 81.2 Å². The fraction of sp³-hybridized carbons (Fsp3) is 0.494. The van der Waals surface area contributed by atoms with Crippen molar-refractivity contribution >= 4 is 70.3 Å². The molecule has 8 amide bonds. The predicted octanol–water partition coefficient (Wildman–Crippen LogP) is 6.74. The molecule has 11 atom stereocenters. The van der Waals surface area contributed by atoms with E-state index in [-0.39, 0.29) is 134 Å². The highest BCUT2D eigenvalue weighted by Gasteiger charge is 2.79. The number of carbonyl (C=O) groups excluding carboxylic acids is 9. The summed E-state index contributed by atoms with van der Waals surface area (Å²) in [6.07, 6.45) is -1.17. The van der Waals surface area contributed by atoms with Crippen molar-refractivity contribution in [2.75, 3.05) is 94.9 Å². The highest BCUT2D eigenvalue weighted by atomic mass is 19.1. The van der Waals surface area contributed by atoms with Crippen LogP contribution in [0.15, 0.2) is 121 Å². The molecule has 0 spiro atoms. The van der Waals surface area contributed by atoms with Gasteiger partial charge < -0.3 is 80.2 Å². The number of anilines is 3. The molecule has 1 saturated heterocycles. The summed E-state index contributed by atoms with van der Waals surface area (Å²) in [6, 6.07) is 24.8. The van der Waals surface area contributed by atoms with E-state index in [0.29, 0.717) is 49.0 Å². The number of aliphatic hydroxyl groups is 1. The largest absolute Gasteiger partial charge is 0.486 e. The number of benzene rings is 4. The first kappa shape index (κ1) is 78.1. The summed E-state index contributed by atoms with van der Waals surface area (Å²) < 4.78 is 79.6. The summed E-state index contributed by atoms with van der Waals surface area (Å²) in [4.78, 5) is 119. The zero-order valence-electron chi connectivity index (χ0n) is 59.3. The number of para-hydroxylation sites is 1. The third-order valence-corrected chi connectivity index (χ3v) is 20.6. The normalized spacial score (nSPS) is 24.3. The van der Waals surface area contributed by atoms with Crippen LogP contribution < -0.4 is 47.3 Å². The maximum atomic E-state index is 17.8. The molecular formula is C77H92F2N8O18. The number of hydrogen-bond donors (Lipinski definition) is 8. The van der Waals surface area contributed by atoms with E-state index in [1.165, 1.54) is 43.3 Å². The van der Waals surface area contributed by atoms with Crippen LogP contribution in [0.4, 0.5) is 35.4 Å². The van der Waals surface area contributed by atoms with Crippen LogP contribution in [-0.2, 0) is 79.9 Å². The van der Waals surface area contributed by atoms with Gasteiger partial charge in [-0.2, -0.15) is 0 Å². The van der Waals surface area contributed by atoms with Gasteiger partial charge in [-0.15, -0.1) is 0 Å². The van der Waals surface area contributed by atoms with E-state index in [4.69, 9.17) is 43.6 Å². The van der Waals surface area contributed by atoms with E-state index in [1.807, 2.05) is 48.5 Å². The lowest BCUT2D eigenvalue weighted by atomic mass is 9.44. The zero-order valence-corrected chi connectivity index (χ0v) is 59.3. The second kappa shape index (κ2) is 35.5. The van der Waals surface area contributed by atoms with Gasteiger partial charge in [0.05, 0.1) is 77.3 Å². The average Bonchev–Trinajstić information content (AvgIpc) is 1.56. The minimum Gasteiger partial charge on any atom is -0.486 e. The number of carbonyl (C=O) groups is 9. The minimum atomic E-state index is -2.34. The van der Waals surface area contributed by atoms with E-state index < -0.39 is 118 Å². The SMILES string of the molecule is CC(C)[C@H](NC(=O)CCOCCOCCOCCOCCNC(=O)CCC(=O)N1Cc2ccccc2C#Cc2ccccc21)C(=O)N[C@@H](CCCNC(N)=O)C(=O)Nc1ccc(COC(=O)Nc2ccc(OCC(=O)[C@@]34OCO[C@@H]3C[C@H]3[C@@H]5C[C@H](F)C6=CC(=O)C=C[C@]6(C)[C@@]5(F)[C@@H](O)C[C@@]34C)cc2)cc1. The number of fused-ring (bicyclic) bond motifs is 9. The molecule has 562 valence electrons. The first-order valence-electron chi connectivity index (χ1n) is 35.5. The van der Waals surface area contributed by atoms with Gasteiger partial charge in [-0.25, -0.2) is 18.4 Å². The summed E-state index contributed by atoms with van der Waals surface area (Å²) in [5, 5.41) is 28.0. The van der Waals surface area contributed by atoms with Gasteiger partial charge in [0.2, 0.25) is 35.3 Å². The highest BCUT2D eigenvalue weighted by Crippen LogP contribution is 2.71. The van der Waals surface area contributed by atoms with Crippen molar-refractivity contribution in [3.63, 3.8) is 0 Å². The maximum absolute atomic E-state index is 17.8. The summed E-state index contributed by atoms with van der Waals surface area (Å²) in [6.45, 7) is 8.53. The lowest BCUT2D eigenvalue weighted by Gasteiger charge is -2.63. The van der Waals surface area contributed by atoms with Crippen molar-refractivity contribution in [2.24, 2.45) is 34.3 Å². The van der Waals surface area contributed by atoms with Crippen LogP contribution in [0.25, 0.3) is 0 Å². The second-order valence-corrected chi connectivity index (χ2v) is 27.6. The number of aliphatic hydroxyl groups excluding tert-OH is 1. The number of nitrogens with zero attached hydrogens (tertiary/aromatic N) is 1. The second-order valence-electron chi connectivity index (χ2n) is 27.6. The number of nitrogens with one attached hydrogen (secondary N) is 6. The van der Waals surface area contributed by atoms with Crippen molar-refractivity contribution in [1.82, 2.24) is 21.3 Å². The van der Waals surface area contributed by atoms with Crippen molar-refractivity contribution < 1.29 is 94.9 Å². The Hall–Kier alpha value is -9.47. The Morgan fingerprint density at radius 3 is 2.10 bits per heavy atom. The van der Waals surface area contributed by atoms with Gasteiger partial charge in [-0.3, -0.25) is 38.9 Å². The molecule has 0 aromatic heterocycles. The Morgan fingerprint density at radius 1 is 0.733 bits per heavy atom. The van der Waals surface area contributed by atoms with Crippen LogP contribution in [0.2, 0.25) is 0 Å². The van der Waals surface area contributed by atoms with Gasteiger partial charge in [-0.05, 0) is 134 Å². The Kier molecular flexibility index (Phi) is 26.4. The number of primary amides is 1. The third-order valence-electron chi connectivity index (χ3n) is 20.6. The van der Waals surface area contributed by atoms with Crippen molar-refractivity contribution in [3.05, 3.63) is 143 Å². The molecule has 3 saturated carbocycles. The number of nitrogens with two attached hydrogens (primary N) is 1. The minimum absolute atomic E-state index is 0.000960. The van der Waals surface area contributed by atoms with Crippen LogP contribution in [0.5, 0.6) is 5.75 Å². The molecule has 2 aliphatic heterocycles. The molecule has 0 bridgehead atoms. The summed E-state index contributed by atoms with van der Waals surface area (Å²) in [5.74, 6) is 1.55. The molecule has 4 aliphatic carbocycles. The Balaban J connectivity index is 0.582. The number of urea groups is 1. The predicted molar refractivity (Wildman–Crippen MR) is 379 cm³/mol. The molecule has 4 fully saturated rings. The topological polar surface area (TPSA) is 349 Å². The fourth-order valence-corrected chi connectivity index (χ4v) is 15.2. The molecule has 28 heteroatoms. The van der Waals surface area contributed by atoms with Crippen molar-refractivity contribution in [1.29, 1.82) is 0 Å². The van der Waals surface area contributed by atoms with E-state index >= 15 is 8.78 Å². The zero-order chi connectivity index (χ0) is 74.9. The highest BCUT2D eigenvalue weighted by molar-refractivity contribution is 6.02. The number of alkyl halides is 2. The lowest BCUT2D eigenvalue weighted by Crippen LogP contribution is -2.70. The third kappa shape index (κ3) is 18.4. The monoisotopic (exact) mass is 1450 g/mol. The molecule has 0 radical (unpaired) electrons. The number of halogens is 2. The van der Waals surface area contributed by atoms with Crippen molar-refractivity contribution in [2.45, 2.75) is 134 Å². The first-order valence-corrected chi connectivity index (χ1v) is 35.5. The molecule has 10 rings (SSSR count). The van der Waals surface area contributed by atoms with Gasteiger partial charge >= 0.3 is 12.1 Å². The maximum Gasteiger partial charge on any atom is 0.411 e. The van der Waals surface area contributed by atoms with E-state index in [2.05, 4.69) is 43.7 Å². The Morgan fingerprint density at radius 2 is 1.39 bits per heavy atom. The number of ketones is 2. The number of amides is 8. The van der Waals surface area contributed by atoms with Crippen molar-refractivity contribution in [3.8, 4) is 17.6 Å². The van der Waals surface area contributed by atoms with E-state index in [0.717, 1.165) is 22.8 Å². The standard InChI is InChI=1S/C77H92F2N8O18/c1-48(2)69(86-67(92)28-32-98-34-36-100-38-39-101-37-35-99-33-31-81-66(91)25-26-68(93)87-44-52-12-6-5-10-50(52)17-18-51-11-7-8-14-62(51)87)71(95)85-61(13-9-30-82-72(80)96)70(94)83-53-19-15-49(16-20-53)45-103-73(97)84-54-21-23-56(24-22-54)102-46-64(90)77-65(104-47-105-77)42-57-58-41-60(78)59-40-55(88)27-29-74(59,3)76(58,79)63(89)43-75(57,77)4/h5-8,10-12,14-16,19-24,27,29,40,48,57-58,60-61,63,65,69,89H,9,13,25-26,28,30-39,41-47H2,1-4H3,(H,81,91)(H,83,94)(H,84,97)(H,85,95)(H,86,92)(H3,80,82,96)/t57-,58-,60-,61-,63-,65+,69-,74-,75-,76-,77+/m0/s1. The van der Waals surface area contributed by atoms with E-state index in [9.17, 15) is 48.3 Å². The molecular weight excluding hydrogens is 1360 g/mol. The van der Waals surface area contributed by atoms with Crippen LogP contribution in [0.3, 0.4) is 0 Å². The van der Waals surface area contributed by atoms with E-state index in [1.54, 1.807) is 49.9 Å². The lowest BCUT2D eigenvalue weighted by molar-refractivity contribution is -0.226.